The van der Waals surface area contributed by atoms with Crippen molar-refractivity contribution in [1.29, 1.82) is 10.5 Å². The van der Waals surface area contributed by atoms with Crippen molar-refractivity contribution in [2.45, 2.75) is 33.1 Å². The first-order chi connectivity index (χ1) is 9.91. The summed E-state index contributed by atoms with van der Waals surface area (Å²) in [6.07, 6.45) is 2.02. The van der Waals surface area contributed by atoms with Gasteiger partial charge in [0.1, 0.15) is 12.1 Å². The molecule has 1 amide bonds. The molecule has 1 aromatic carbocycles. The van der Waals surface area contributed by atoms with Crippen molar-refractivity contribution >= 4 is 11.6 Å². The Kier molecular flexibility index (Phi) is 5.90. The van der Waals surface area contributed by atoms with Crippen molar-refractivity contribution in [2.24, 2.45) is 11.1 Å². The molecule has 0 aliphatic rings. The van der Waals surface area contributed by atoms with E-state index in [0.29, 0.717) is 24.2 Å². The van der Waals surface area contributed by atoms with Gasteiger partial charge in [-0.15, -0.1) is 0 Å². The number of hydrogen-bond donors (Lipinski definition) is 2. The van der Waals surface area contributed by atoms with Crippen LogP contribution in [0.5, 0.6) is 0 Å². The Morgan fingerprint density at radius 3 is 2.48 bits per heavy atom. The highest BCUT2D eigenvalue weighted by molar-refractivity contribution is 5.91. The number of amides is 1. The lowest BCUT2D eigenvalue weighted by Gasteiger charge is -2.23. The first-order valence-corrected chi connectivity index (χ1v) is 6.86. The molecule has 1 aromatic rings. The van der Waals surface area contributed by atoms with Crippen molar-refractivity contribution in [3.63, 3.8) is 0 Å². The molecule has 1 rings (SSSR count). The van der Waals surface area contributed by atoms with E-state index in [-0.39, 0.29) is 16.9 Å². The molecule has 0 saturated heterocycles. The van der Waals surface area contributed by atoms with Crippen LogP contribution in [-0.2, 0) is 4.79 Å². The van der Waals surface area contributed by atoms with Gasteiger partial charge in [-0.25, -0.2) is 0 Å². The van der Waals surface area contributed by atoms with E-state index in [1.807, 2.05) is 12.1 Å². The average molecular weight is 284 g/mol. The summed E-state index contributed by atoms with van der Waals surface area (Å²) in [4.78, 5) is 11.9. The third-order valence-electron chi connectivity index (χ3n) is 3.39. The lowest BCUT2D eigenvalue weighted by molar-refractivity contribution is -0.116. The van der Waals surface area contributed by atoms with Crippen LogP contribution in [-0.4, -0.2) is 12.5 Å². The highest BCUT2D eigenvalue weighted by Crippen LogP contribution is 2.26. The van der Waals surface area contributed by atoms with Gasteiger partial charge in [0.2, 0.25) is 5.91 Å². The van der Waals surface area contributed by atoms with Gasteiger partial charge in [0, 0.05) is 12.1 Å². The van der Waals surface area contributed by atoms with Gasteiger partial charge in [-0.3, -0.25) is 4.79 Å². The first kappa shape index (κ1) is 16.7. The fourth-order valence-corrected chi connectivity index (χ4v) is 2.00. The molecule has 3 N–H and O–H groups in total. The molecule has 0 heterocycles. The predicted molar refractivity (Wildman–Crippen MR) is 81.2 cm³/mol. The molecule has 0 radical (unpaired) electrons. The van der Waals surface area contributed by atoms with Gasteiger partial charge in [0.15, 0.2) is 0 Å². The SMILES string of the molecule is CC(C)(CCN)CCC(=O)Nc1ccc(C#N)c(C#N)c1. The monoisotopic (exact) mass is 284 g/mol. The molecule has 0 spiro atoms. The minimum atomic E-state index is -0.103. The third kappa shape index (κ3) is 5.25. The van der Waals surface area contributed by atoms with E-state index >= 15 is 0 Å². The maximum absolute atomic E-state index is 11.9. The molecule has 0 atom stereocenters. The Balaban J connectivity index is 2.64. The number of nitrogens with two attached hydrogens (primary N) is 1. The summed E-state index contributed by atoms with van der Waals surface area (Å²) in [7, 11) is 0. The Morgan fingerprint density at radius 1 is 1.24 bits per heavy atom. The van der Waals surface area contributed by atoms with E-state index in [9.17, 15) is 4.79 Å². The van der Waals surface area contributed by atoms with E-state index in [1.165, 1.54) is 12.1 Å². The van der Waals surface area contributed by atoms with E-state index in [1.54, 1.807) is 6.07 Å². The molecule has 21 heavy (non-hydrogen) atoms. The van der Waals surface area contributed by atoms with Crippen LogP contribution in [0.3, 0.4) is 0 Å². The van der Waals surface area contributed by atoms with E-state index in [2.05, 4.69) is 19.2 Å². The zero-order valence-electron chi connectivity index (χ0n) is 12.4. The Labute approximate surface area is 125 Å². The van der Waals surface area contributed by atoms with Gasteiger partial charge in [-0.05, 0) is 43.0 Å². The summed E-state index contributed by atoms with van der Waals surface area (Å²) >= 11 is 0. The largest absolute Gasteiger partial charge is 0.330 e. The summed E-state index contributed by atoms with van der Waals surface area (Å²) in [5.41, 5.74) is 6.68. The van der Waals surface area contributed by atoms with E-state index in [4.69, 9.17) is 16.3 Å². The Bertz CT molecular complexity index is 593. The predicted octanol–water partition coefficient (Wildman–Crippen LogP) is 2.52. The number of anilines is 1. The van der Waals surface area contributed by atoms with Crippen molar-refractivity contribution in [1.82, 2.24) is 0 Å². The molecule has 110 valence electrons. The van der Waals surface area contributed by atoms with Crippen LogP contribution in [0.25, 0.3) is 0 Å². The zero-order chi connectivity index (χ0) is 15.9. The van der Waals surface area contributed by atoms with Gasteiger partial charge in [0.25, 0.3) is 0 Å². The zero-order valence-corrected chi connectivity index (χ0v) is 12.4. The number of carbonyl (C=O) groups excluding carboxylic acids is 1. The summed E-state index contributed by atoms with van der Waals surface area (Å²) in [5, 5.41) is 20.6. The van der Waals surface area contributed by atoms with Crippen LogP contribution >= 0.6 is 0 Å². The standard InChI is InChI=1S/C16H20N4O/c1-16(2,7-8-17)6-5-15(21)20-14-4-3-12(10-18)13(9-14)11-19/h3-4,9H,5-8,17H2,1-2H3,(H,20,21). The Morgan fingerprint density at radius 2 is 1.90 bits per heavy atom. The van der Waals surface area contributed by atoms with Crippen LogP contribution in [0.15, 0.2) is 18.2 Å². The molecular formula is C16H20N4O. The fourth-order valence-electron chi connectivity index (χ4n) is 2.00. The van der Waals surface area contributed by atoms with Crippen molar-refractivity contribution in [2.75, 3.05) is 11.9 Å². The number of nitrogens with zero attached hydrogens (tertiary/aromatic N) is 2. The van der Waals surface area contributed by atoms with Gasteiger partial charge in [-0.2, -0.15) is 10.5 Å². The maximum Gasteiger partial charge on any atom is 0.224 e. The van der Waals surface area contributed by atoms with Crippen molar-refractivity contribution in [3.8, 4) is 12.1 Å². The smallest absolute Gasteiger partial charge is 0.224 e. The van der Waals surface area contributed by atoms with Crippen molar-refractivity contribution in [3.05, 3.63) is 29.3 Å². The van der Waals surface area contributed by atoms with Crippen LogP contribution in [0.2, 0.25) is 0 Å². The molecule has 5 heteroatoms. The molecule has 0 aliphatic heterocycles. The molecule has 0 aromatic heterocycles. The lowest BCUT2D eigenvalue weighted by Crippen LogP contribution is -2.20. The highest BCUT2D eigenvalue weighted by atomic mass is 16.1. The molecular weight excluding hydrogens is 264 g/mol. The van der Waals surface area contributed by atoms with Gasteiger partial charge in [0.05, 0.1) is 11.1 Å². The molecule has 0 aliphatic carbocycles. The number of nitriles is 2. The second-order valence-electron chi connectivity index (χ2n) is 5.74. The number of rotatable bonds is 6. The minimum Gasteiger partial charge on any atom is -0.330 e. The normalized spacial score (nSPS) is 10.5. The second kappa shape index (κ2) is 7.42. The number of carbonyl (C=O) groups is 1. The minimum absolute atomic E-state index is 0.0363. The molecule has 0 bridgehead atoms. The van der Waals surface area contributed by atoms with Crippen molar-refractivity contribution < 1.29 is 4.79 Å². The van der Waals surface area contributed by atoms with Crippen LogP contribution in [0.1, 0.15) is 44.2 Å². The van der Waals surface area contributed by atoms with E-state index < -0.39 is 0 Å². The van der Waals surface area contributed by atoms with Gasteiger partial charge in [-0.1, -0.05) is 13.8 Å². The molecule has 5 nitrogen and oxygen atoms in total. The second-order valence-corrected chi connectivity index (χ2v) is 5.74. The van der Waals surface area contributed by atoms with Crippen LogP contribution in [0.4, 0.5) is 5.69 Å². The topological polar surface area (TPSA) is 103 Å². The van der Waals surface area contributed by atoms with Gasteiger partial charge >= 0.3 is 0 Å². The van der Waals surface area contributed by atoms with Crippen LogP contribution < -0.4 is 11.1 Å². The number of hydrogen-bond acceptors (Lipinski definition) is 4. The lowest BCUT2D eigenvalue weighted by atomic mass is 9.84. The number of nitrogens with one attached hydrogen (secondary N) is 1. The molecule has 0 unspecified atom stereocenters. The Hall–Kier alpha value is -2.37. The third-order valence-corrected chi connectivity index (χ3v) is 3.39. The van der Waals surface area contributed by atoms with Crippen LogP contribution in [0, 0.1) is 28.1 Å². The summed E-state index contributed by atoms with van der Waals surface area (Å²) < 4.78 is 0. The molecule has 0 fully saturated rings. The fraction of sp³-hybridized carbons (Fsp3) is 0.438. The summed E-state index contributed by atoms with van der Waals surface area (Å²) in [6.45, 7) is 4.78. The van der Waals surface area contributed by atoms with Gasteiger partial charge < -0.3 is 11.1 Å². The number of benzene rings is 1. The summed E-state index contributed by atoms with van der Waals surface area (Å²) in [5.74, 6) is -0.103. The molecule has 0 saturated carbocycles. The summed E-state index contributed by atoms with van der Waals surface area (Å²) in [6, 6.07) is 8.56. The first-order valence-electron chi connectivity index (χ1n) is 6.86. The quantitative estimate of drug-likeness (QED) is 0.837. The highest BCUT2D eigenvalue weighted by Gasteiger charge is 2.18. The average Bonchev–Trinajstić information content (AvgIpc) is 2.45. The van der Waals surface area contributed by atoms with E-state index in [0.717, 1.165) is 12.8 Å². The maximum atomic E-state index is 11.9.